The zero-order valence-corrected chi connectivity index (χ0v) is 24.0. The molecule has 12 heteroatoms. The first-order valence-electron chi connectivity index (χ1n) is 13.8. The van der Waals surface area contributed by atoms with Gasteiger partial charge in [0.1, 0.15) is 23.2 Å². The summed E-state index contributed by atoms with van der Waals surface area (Å²) < 4.78 is 17.2. The molecule has 226 valence electrons. The van der Waals surface area contributed by atoms with Gasteiger partial charge in [-0.25, -0.2) is 0 Å². The Balaban J connectivity index is 1.73. The number of hydrogen-bond donors (Lipinski definition) is 5. The first-order valence-corrected chi connectivity index (χ1v) is 13.8. The highest BCUT2D eigenvalue weighted by molar-refractivity contribution is 6.31. The summed E-state index contributed by atoms with van der Waals surface area (Å²) in [6.07, 6.45) is -3.73. The lowest BCUT2D eigenvalue weighted by Gasteiger charge is -2.46. The van der Waals surface area contributed by atoms with E-state index in [9.17, 15) is 39.9 Å². The van der Waals surface area contributed by atoms with Crippen molar-refractivity contribution in [2.75, 3.05) is 21.2 Å². The van der Waals surface area contributed by atoms with Crippen molar-refractivity contribution >= 4 is 17.5 Å². The summed E-state index contributed by atoms with van der Waals surface area (Å²) in [4.78, 5) is 42.3. The fraction of sp³-hybridized carbons (Fsp3) is 0.500. The molecule has 0 amide bonds. The number of rotatable bonds is 5. The summed E-state index contributed by atoms with van der Waals surface area (Å²) >= 11 is 0. The van der Waals surface area contributed by atoms with Crippen LogP contribution in [0.25, 0.3) is 0 Å². The van der Waals surface area contributed by atoms with Crippen LogP contribution in [0.15, 0.2) is 18.2 Å². The number of carbonyl (C=O) groups excluding carboxylic acids is 3. The van der Waals surface area contributed by atoms with Crippen molar-refractivity contribution in [3.63, 3.8) is 0 Å². The molecule has 5 rings (SSSR count). The Bertz CT molecular complexity index is 1470. The van der Waals surface area contributed by atoms with Gasteiger partial charge in [-0.15, -0.1) is 0 Å². The van der Waals surface area contributed by atoms with E-state index in [1.54, 1.807) is 27.9 Å². The lowest BCUT2D eigenvalue weighted by molar-refractivity contribution is -0.258. The van der Waals surface area contributed by atoms with Crippen LogP contribution in [0.4, 0.5) is 0 Å². The van der Waals surface area contributed by atoms with Crippen molar-refractivity contribution in [3.05, 3.63) is 51.6 Å². The molecular formula is C30H35NO11. The molecule has 1 heterocycles. The highest BCUT2D eigenvalue weighted by atomic mass is 16.7. The Kier molecular flexibility index (Phi) is 7.57. The fourth-order valence-corrected chi connectivity index (χ4v) is 6.59. The lowest BCUT2D eigenvalue weighted by Crippen LogP contribution is -2.54. The molecule has 2 aromatic carbocycles. The van der Waals surface area contributed by atoms with Gasteiger partial charge in [0.25, 0.3) is 0 Å². The van der Waals surface area contributed by atoms with E-state index in [1.807, 2.05) is 4.90 Å². The van der Waals surface area contributed by atoms with E-state index in [2.05, 4.69) is 0 Å². The van der Waals surface area contributed by atoms with E-state index in [1.165, 1.54) is 18.2 Å². The third-order valence-corrected chi connectivity index (χ3v) is 8.88. The molecule has 0 radical (unpaired) electrons. The fourth-order valence-electron chi connectivity index (χ4n) is 6.59. The van der Waals surface area contributed by atoms with Crippen LogP contribution in [0.2, 0.25) is 0 Å². The number of aliphatic hydroxyl groups excluding tert-OH is 1. The van der Waals surface area contributed by atoms with Gasteiger partial charge in [-0.05, 0) is 33.5 Å². The van der Waals surface area contributed by atoms with E-state index < -0.39 is 82.0 Å². The first-order chi connectivity index (χ1) is 19.8. The van der Waals surface area contributed by atoms with Crippen LogP contribution in [0.3, 0.4) is 0 Å². The van der Waals surface area contributed by atoms with Gasteiger partial charge in [-0.1, -0.05) is 19.1 Å². The number of likely N-dealkylation sites (N-methyl/N-ethyl adjacent to an activating group) is 1. The van der Waals surface area contributed by atoms with Crippen LogP contribution in [-0.2, 0) is 19.0 Å². The molecule has 42 heavy (non-hydrogen) atoms. The predicted molar refractivity (Wildman–Crippen MR) is 146 cm³/mol. The Morgan fingerprint density at radius 3 is 2.33 bits per heavy atom. The second-order valence-electron chi connectivity index (χ2n) is 11.4. The highest BCUT2D eigenvalue weighted by Gasteiger charge is 2.55. The molecule has 1 fully saturated rings. The maximum Gasteiger partial charge on any atom is 0.316 e. The monoisotopic (exact) mass is 585 g/mol. The number of esters is 1. The van der Waals surface area contributed by atoms with Crippen molar-refractivity contribution < 1.29 is 54.1 Å². The number of ketones is 2. The molecule has 0 spiro atoms. The van der Waals surface area contributed by atoms with Crippen LogP contribution >= 0.6 is 0 Å². The Labute approximate surface area is 242 Å². The Hall–Kier alpha value is -3.55. The van der Waals surface area contributed by atoms with E-state index in [-0.39, 0.29) is 47.6 Å². The molecule has 7 atom stereocenters. The maximum absolute atomic E-state index is 13.7. The summed E-state index contributed by atoms with van der Waals surface area (Å²) in [5, 5.41) is 56.2. The SMILES string of the molecule is CC[C@@]1(O)C[C@H](O[C@H]2C[C@H](N(C)C)[C@@H](O)[C@H](C)O2)c2c(O)c3c(c(O)c2[C@@H]1C(=O)OC)C(=O)c1cccc(O)c1C3=O. The second kappa shape index (κ2) is 10.6. The molecule has 1 aliphatic heterocycles. The van der Waals surface area contributed by atoms with Crippen molar-refractivity contribution in [1.82, 2.24) is 4.90 Å². The van der Waals surface area contributed by atoms with Gasteiger partial charge < -0.3 is 44.6 Å². The number of nitrogens with zero attached hydrogens (tertiary/aromatic N) is 1. The Morgan fingerprint density at radius 1 is 1.07 bits per heavy atom. The average molecular weight is 586 g/mol. The predicted octanol–water partition coefficient (Wildman–Crippen LogP) is 1.86. The van der Waals surface area contributed by atoms with Crippen LogP contribution in [0, 0.1) is 0 Å². The maximum atomic E-state index is 13.7. The molecule has 1 saturated heterocycles. The van der Waals surface area contributed by atoms with Crippen molar-refractivity contribution in [2.24, 2.45) is 0 Å². The van der Waals surface area contributed by atoms with Gasteiger partial charge in [0.2, 0.25) is 5.78 Å². The van der Waals surface area contributed by atoms with E-state index in [0.717, 1.165) is 7.11 Å². The third-order valence-electron chi connectivity index (χ3n) is 8.88. The number of benzene rings is 2. The molecule has 2 aliphatic carbocycles. The van der Waals surface area contributed by atoms with Crippen LogP contribution < -0.4 is 0 Å². The van der Waals surface area contributed by atoms with Crippen molar-refractivity contribution in [2.45, 2.75) is 75.3 Å². The molecule has 0 unspecified atom stereocenters. The summed E-state index contributed by atoms with van der Waals surface area (Å²) in [5.74, 6) is -6.22. The van der Waals surface area contributed by atoms with Crippen LogP contribution in [0.5, 0.6) is 17.2 Å². The number of hydrogen-bond acceptors (Lipinski definition) is 12. The van der Waals surface area contributed by atoms with Crippen LogP contribution in [0.1, 0.15) is 88.1 Å². The van der Waals surface area contributed by atoms with Crippen molar-refractivity contribution in [3.8, 4) is 17.2 Å². The molecule has 0 aromatic heterocycles. The molecule has 3 aliphatic rings. The van der Waals surface area contributed by atoms with Gasteiger partial charge >= 0.3 is 5.97 Å². The largest absolute Gasteiger partial charge is 0.507 e. The minimum atomic E-state index is -1.86. The normalized spacial score (nSPS) is 30.5. The minimum absolute atomic E-state index is 0.00605. The topological polar surface area (TPSA) is 183 Å². The lowest BCUT2D eigenvalue weighted by atomic mass is 9.66. The minimum Gasteiger partial charge on any atom is -0.507 e. The number of carbonyl (C=O) groups is 3. The zero-order chi connectivity index (χ0) is 30.8. The smallest absolute Gasteiger partial charge is 0.316 e. The van der Waals surface area contributed by atoms with Gasteiger partial charge in [0.05, 0.1) is 47.7 Å². The van der Waals surface area contributed by atoms with Gasteiger partial charge in [0, 0.05) is 35.6 Å². The first kappa shape index (κ1) is 29.9. The average Bonchev–Trinajstić information content (AvgIpc) is 2.94. The molecule has 2 aromatic rings. The number of fused-ring (bicyclic) bond motifs is 3. The number of phenolic OH excluding ortho intramolecular Hbond substituents is 3. The third kappa shape index (κ3) is 4.36. The van der Waals surface area contributed by atoms with Gasteiger partial charge in [-0.3, -0.25) is 14.4 Å². The number of methoxy groups -OCH3 is 1. The standard InChI is InChI=1S/C30H35NO11/c1-6-30(39)11-16(42-17-10-14(31(3)4)24(33)12(2)41-17)19-20(23(30)29(38)40-5)28(37)21-22(27(19)36)26(35)18-13(25(21)34)8-7-9-15(18)32/h7-9,12,14,16-17,23-24,32-33,36-37,39H,6,10-11H2,1-5H3/t12-,14-,16-,17-,23+,24-,30+/m0/s1. The van der Waals surface area contributed by atoms with Crippen molar-refractivity contribution in [1.29, 1.82) is 0 Å². The number of phenols is 3. The van der Waals surface area contributed by atoms with E-state index in [0.29, 0.717) is 0 Å². The summed E-state index contributed by atoms with van der Waals surface area (Å²) in [6, 6.07) is 3.53. The summed E-state index contributed by atoms with van der Waals surface area (Å²) in [5.41, 5.74) is -3.96. The molecule has 0 saturated carbocycles. The summed E-state index contributed by atoms with van der Waals surface area (Å²) in [6.45, 7) is 3.30. The quantitative estimate of drug-likeness (QED) is 0.217. The van der Waals surface area contributed by atoms with Crippen LogP contribution in [-0.4, -0.2) is 99.3 Å². The van der Waals surface area contributed by atoms with Gasteiger partial charge in [-0.2, -0.15) is 0 Å². The molecule has 5 N–H and O–H groups in total. The molecule has 0 bridgehead atoms. The summed E-state index contributed by atoms with van der Waals surface area (Å²) in [7, 11) is 4.69. The van der Waals surface area contributed by atoms with E-state index in [4.69, 9.17) is 14.2 Å². The zero-order valence-electron chi connectivity index (χ0n) is 24.0. The number of aliphatic hydroxyl groups is 2. The molecular weight excluding hydrogens is 550 g/mol. The van der Waals surface area contributed by atoms with E-state index >= 15 is 0 Å². The number of ether oxygens (including phenoxy) is 3. The second-order valence-corrected chi connectivity index (χ2v) is 11.4. The Morgan fingerprint density at radius 2 is 1.71 bits per heavy atom. The number of aromatic hydroxyl groups is 3. The van der Waals surface area contributed by atoms with Gasteiger partial charge in [0.15, 0.2) is 12.1 Å². The highest BCUT2D eigenvalue weighted by Crippen LogP contribution is 2.57. The molecule has 12 nitrogen and oxygen atoms in total.